The van der Waals surface area contributed by atoms with E-state index in [1.165, 1.54) is 11.1 Å². The van der Waals surface area contributed by atoms with E-state index in [0.29, 0.717) is 0 Å². The quantitative estimate of drug-likeness (QED) is 0.720. The molecule has 0 aromatic rings. The van der Waals surface area contributed by atoms with Gasteiger partial charge in [0.2, 0.25) is 5.78 Å². The molecule has 0 saturated heterocycles. The average Bonchev–Trinajstić information content (AvgIpc) is 2.16. The first-order chi connectivity index (χ1) is 7.30. The Morgan fingerprint density at radius 3 is 2.56 bits per heavy atom. The third-order valence-corrected chi connectivity index (χ3v) is 2.57. The van der Waals surface area contributed by atoms with Crippen molar-refractivity contribution in [2.45, 2.75) is 12.6 Å². The van der Waals surface area contributed by atoms with Gasteiger partial charge in [-0.3, -0.25) is 9.59 Å². The van der Waals surface area contributed by atoms with Gasteiger partial charge in [0, 0.05) is 19.4 Å². The second kappa shape index (κ2) is 4.73. The molecule has 0 saturated carbocycles. The maximum atomic E-state index is 11.9. The van der Waals surface area contributed by atoms with Gasteiger partial charge in [-0.15, -0.1) is 0 Å². The Bertz CT molecular complexity index is 373. The summed E-state index contributed by atoms with van der Waals surface area (Å²) in [5, 5.41) is 1.56. The predicted octanol–water partition coefficient (Wildman–Crippen LogP) is 2.07. The first-order valence-corrected chi connectivity index (χ1v) is 5.09. The zero-order valence-electron chi connectivity index (χ0n) is 8.25. The molecule has 0 aromatic carbocycles. The van der Waals surface area contributed by atoms with Crippen LogP contribution in [0.25, 0.3) is 0 Å². The molecule has 1 aliphatic heterocycles. The lowest BCUT2D eigenvalue weighted by molar-refractivity contribution is -0.171. The van der Waals surface area contributed by atoms with Crippen LogP contribution in [0.15, 0.2) is 22.7 Å². The van der Waals surface area contributed by atoms with Crippen LogP contribution in [-0.2, 0) is 9.59 Å². The number of carbonyl (C=O) groups is 2. The van der Waals surface area contributed by atoms with Crippen molar-refractivity contribution in [1.29, 1.82) is 0 Å². The fourth-order valence-electron chi connectivity index (χ4n) is 0.929. The Morgan fingerprint density at radius 1 is 1.44 bits per heavy atom. The molecule has 1 aliphatic rings. The van der Waals surface area contributed by atoms with Crippen LogP contribution in [0.1, 0.15) is 6.42 Å². The molecular weight excluding hydrogens is 243 g/mol. The highest BCUT2D eigenvalue weighted by atomic mass is 32.2. The van der Waals surface area contributed by atoms with Gasteiger partial charge >= 0.3 is 6.18 Å². The number of thioether (sulfide) groups is 1. The van der Waals surface area contributed by atoms with E-state index in [9.17, 15) is 22.8 Å². The van der Waals surface area contributed by atoms with E-state index in [-0.39, 0.29) is 4.91 Å². The van der Waals surface area contributed by atoms with Crippen LogP contribution in [0.2, 0.25) is 0 Å². The minimum Gasteiger partial charge on any atom is -0.355 e. The summed E-state index contributed by atoms with van der Waals surface area (Å²) in [4.78, 5) is 23.6. The molecule has 0 spiro atoms. The smallest absolute Gasteiger partial charge is 0.355 e. The minimum atomic E-state index is -4.95. The summed E-state index contributed by atoms with van der Waals surface area (Å²) in [7, 11) is 1.63. The van der Waals surface area contributed by atoms with Gasteiger partial charge in [-0.05, 0) is 5.41 Å². The summed E-state index contributed by atoms with van der Waals surface area (Å²) >= 11 is 0.997. The van der Waals surface area contributed by atoms with E-state index in [2.05, 4.69) is 0 Å². The number of Topliss-reactive ketones (excluding diaryl/α,β-unsaturated/α-hetero) is 2. The molecule has 0 aliphatic carbocycles. The standard InChI is InChI=1S/C9H8F3NO2S/c1-13-2-3-16-7(5-13)6(14)4-8(15)9(10,11)12/h2-3,5H,4H2,1H3. The van der Waals surface area contributed by atoms with Crippen LogP contribution in [-0.4, -0.2) is 29.7 Å². The fourth-order valence-corrected chi connectivity index (χ4v) is 1.76. The van der Waals surface area contributed by atoms with Crippen molar-refractivity contribution in [1.82, 2.24) is 4.90 Å². The van der Waals surface area contributed by atoms with Crippen molar-refractivity contribution in [2.75, 3.05) is 7.05 Å². The number of carbonyl (C=O) groups excluding carboxylic acids is 2. The average molecular weight is 251 g/mol. The monoisotopic (exact) mass is 251 g/mol. The second-order valence-electron chi connectivity index (χ2n) is 3.08. The van der Waals surface area contributed by atoms with Crippen molar-refractivity contribution >= 4 is 23.3 Å². The van der Waals surface area contributed by atoms with Gasteiger partial charge in [0.05, 0.1) is 11.3 Å². The molecule has 0 fully saturated rings. The molecule has 1 heterocycles. The minimum absolute atomic E-state index is 0.127. The van der Waals surface area contributed by atoms with E-state index in [0.717, 1.165) is 11.8 Å². The lowest BCUT2D eigenvalue weighted by Crippen LogP contribution is -2.26. The van der Waals surface area contributed by atoms with Crippen LogP contribution in [0.4, 0.5) is 13.2 Å². The Balaban J connectivity index is 2.64. The van der Waals surface area contributed by atoms with Crippen LogP contribution in [0, 0.1) is 0 Å². The Hall–Kier alpha value is -1.24. The van der Waals surface area contributed by atoms with Crippen molar-refractivity contribution in [2.24, 2.45) is 0 Å². The summed E-state index contributed by atoms with van der Waals surface area (Å²) in [6, 6.07) is 0. The highest BCUT2D eigenvalue weighted by Gasteiger charge is 2.39. The van der Waals surface area contributed by atoms with Crippen molar-refractivity contribution in [3.8, 4) is 0 Å². The molecule has 7 heteroatoms. The molecule has 0 amide bonds. The fraction of sp³-hybridized carbons (Fsp3) is 0.333. The van der Waals surface area contributed by atoms with Crippen LogP contribution < -0.4 is 0 Å². The molecule has 3 nitrogen and oxygen atoms in total. The molecule has 0 unspecified atom stereocenters. The second-order valence-corrected chi connectivity index (χ2v) is 4.03. The van der Waals surface area contributed by atoms with Gasteiger partial charge in [-0.25, -0.2) is 0 Å². The van der Waals surface area contributed by atoms with Crippen molar-refractivity contribution in [3.05, 3.63) is 22.7 Å². The first-order valence-electron chi connectivity index (χ1n) is 4.21. The molecular formula is C9H8F3NO2S. The summed E-state index contributed by atoms with van der Waals surface area (Å²) in [6.45, 7) is 0. The van der Waals surface area contributed by atoms with Gasteiger partial charge in [-0.1, -0.05) is 11.8 Å². The zero-order valence-corrected chi connectivity index (χ0v) is 9.06. The topological polar surface area (TPSA) is 37.4 Å². The number of ketones is 2. The third-order valence-electron chi connectivity index (χ3n) is 1.72. The zero-order chi connectivity index (χ0) is 12.3. The Morgan fingerprint density at radius 2 is 2.06 bits per heavy atom. The molecule has 0 bridgehead atoms. The molecule has 1 rings (SSSR count). The van der Waals surface area contributed by atoms with E-state index < -0.39 is 24.2 Å². The number of hydrogen-bond donors (Lipinski definition) is 0. The third kappa shape index (κ3) is 3.41. The number of rotatable bonds is 3. The number of alkyl halides is 3. The first kappa shape index (κ1) is 12.8. The Labute approximate surface area is 94.0 Å². The molecule has 0 aromatic heterocycles. The van der Waals surface area contributed by atoms with E-state index >= 15 is 0 Å². The lowest BCUT2D eigenvalue weighted by Gasteiger charge is -2.15. The van der Waals surface area contributed by atoms with E-state index in [4.69, 9.17) is 0 Å². The maximum absolute atomic E-state index is 11.9. The Kier molecular flexibility index (Phi) is 3.79. The summed E-state index contributed by atoms with van der Waals surface area (Å²) in [5.74, 6) is -2.83. The predicted molar refractivity (Wildman–Crippen MR) is 53.3 cm³/mol. The van der Waals surface area contributed by atoms with Gasteiger partial charge < -0.3 is 4.90 Å². The number of nitrogens with zero attached hydrogens (tertiary/aromatic N) is 1. The van der Waals surface area contributed by atoms with Crippen molar-refractivity contribution < 1.29 is 22.8 Å². The molecule has 16 heavy (non-hydrogen) atoms. The molecule has 0 N–H and O–H groups in total. The largest absolute Gasteiger partial charge is 0.450 e. The van der Waals surface area contributed by atoms with Crippen molar-refractivity contribution in [3.63, 3.8) is 0 Å². The normalized spacial score (nSPS) is 16.0. The van der Waals surface area contributed by atoms with Crippen LogP contribution in [0.3, 0.4) is 0 Å². The number of halogens is 3. The summed E-state index contributed by atoms with van der Waals surface area (Å²) < 4.78 is 35.7. The van der Waals surface area contributed by atoms with Gasteiger partial charge in [0.15, 0.2) is 5.78 Å². The highest BCUT2D eigenvalue weighted by molar-refractivity contribution is 8.06. The summed E-state index contributed by atoms with van der Waals surface area (Å²) in [6.07, 6.45) is -3.05. The molecule has 0 atom stereocenters. The molecule has 88 valence electrons. The molecule has 0 radical (unpaired) electrons. The number of allylic oxidation sites excluding steroid dienone is 1. The van der Waals surface area contributed by atoms with Gasteiger partial charge in [0.1, 0.15) is 0 Å². The van der Waals surface area contributed by atoms with E-state index in [1.807, 2.05) is 0 Å². The SMILES string of the molecule is CN1C=CSC(C(=O)CC(=O)C(F)(F)F)=C1. The highest BCUT2D eigenvalue weighted by Crippen LogP contribution is 2.26. The maximum Gasteiger partial charge on any atom is 0.450 e. The lowest BCUT2D eigenvalue weighted by atomic mass is 10.2. The van der Waals surface area contributed by atoms with Gasteiger partial charge in [0.25, 0.3) is 0 Å². The number of hydrogen-bond acceptors (Lipinski definition) is 4. The van der Waals surface area contributed by atoms with Crippen LogP contribution >= 0.6 is 11.8 Å². The van der Waals surface area contributed by atoms with Crippen LogP contribution in [0.5, 0.6) is 0 Å². The van der Waals surface area contributed by atoms with E-state index in [1.54, 1.807) is 18.7 Å². The van der Waals surface area contributed by atoms with Gasteiger partial charge in [-0.2, -0.15) is 13.2 Å². The summed E-state index contributed by atoms with van der Waals surface area (Å²) in [5.41, 5.74) is 0.